The summed E-state index contributed by atoms with van der Waals surface area (Å²) in [6, 6.07) is 4.02. The summed E-state index contributed by atoms with van der Waals surface area (Å²) in [6.07, 6.45) is -0.291. The zero-order chi connectivity index (χ0) is 20.3. The molecule has 27 heavy (non-hydrogen) atoms. The normalized spacial score (nSPS) is 14.4. The molecular weight excluding hydrogens is 350 g/mol. The lowest BCUT2D eigenvalue weighted by Gasteiger charge is -2.22. The molecule has 0 saturated carbocycles. The smallest absolute Gasteiger partial charge is 0.339 e. The Morgan fingerprint density at radius 1 is 1.22 bits per heavy atom. The highest BCUT2D eigenvalue weighted by molar-refractivity contribution is 5.87. The second-order valence-corrected chi connectivity index (χ2v) is 6.77. The van der Waals surface area contributed by atoms with Crippen LogP contribution < -0.4 is 15.7 Å². The minimum absolute atomic E-state index is 0.209. The van der Waals surface area contributed by atoms with E-state index in [1.165, 1.54) is 6.92 Å². The molecule has 1 amide bonds. The highest BCUT2D eigenvalue weighted by Crippen LogP contribution is 2.24. The molecule has 2 N–H and O–H groups in total. The predicted molar refractivity (Wildman–Crippen MR) is 101 cm³/mol. The topological polar surface area (TPSA) is 106 Å². The summed E-state index contributed by atoms with van der Waals surface area (Å²) in [5, 5.41) is 12.6. The van der Waals surface area contributed by atoms with Crippen molar-refractivity contribution in [2.24, 2.45) is 5.92 Å². The van der Waals surface area contributed by atoms with Gasteiger partial charge in [0.1, 0.15) is 17.4 Å². The molecule has 0 fully saturated rings. The number of carboxylic acid groups (broad SMARTS) is 1. The van der Waals surface area contributed by atoms with Gasteiger partial charge in [-0.05, 0) is 44.4 Å². The van der Waals surface area contributed by atoms with Gasteiger partial charge in [-0.25, -0.2) is 9.59 Å². The minimum Gasteiger partial charge on any atom is -0.481 e. The lowest BCUT2D eigenvalue weighted by Crippen LogP contribution is -2.49. The van der Waals surface area contributed by atoms with Crippen LogP contribution in [0.4, 0.5) is 0 Å². The molecule has 0 aliphatic rings. The van der Waals surface area contributed by atoms with E-state index in [9.17, 15) is 19.5 Å². The Morgan fingerprint density at radius 3 is 2.48 bits per heavy atom. The van der Waals surface area contributed by atoms with Gasteiger partial charge in [0, 0.05) is 17.0 Å². The molecule has 2 aromatic rings. The standard InChI is InChI=1S/C20H25NO6/c1-6-10(2)17(19(23)24)21-18(22)13(5)26-14-7-8-15-11(3)12(4)20(25)27-16(15)9-14/h7-10,13,17H,6H2,1-5H3,(H,21,22)(H,23,24)/t10-,13-,17+/m1/s1. The lowest BCUT2D eigenvalue weighted by atomic mass is 9.99. The maximum Gasteiger partial charge on any atom is 0.339 e. The largest absolute Gasteiger partial charge is 0.481 e. The monoisotopic (exact) mass is 375 g/mol. The van der Waals surface area contributed by atoms with E-state index in [-0.39, 0.29) is 5.92 Å². The zero-order valence-electron chi connectivity index (χ0n) is 16.2. The van der Waals surface area contributed by atoms with Gasteiger partial charge in [0.2, 0.25) is 0 Å². The summed E-state index contributed by atoms with van der Waals surface area (Å²) in [6.45, 7) is 8.70. The summed E-state index contributed by atoms with van der Waals surface area (Å²) >= 11 is 0. The Hall–Kier alpha value is -2.83. The van der Waals surface area contributed by atoms with E-state index >= 15 is 0 Å². The minimum atomic E-state index is -1.08. The van der Waals surface area contributed by atoms with Crippen molar-refractivity contribution in [1.29, 1.82) is 0 Å². The second-order valence-electron chi connectivity index (χ2n) is 6.77. The van der Waals surface area contributed by atoms with Crippen LogP contribution in [0.2, 0.25) is 0 Å². The average Bonchev–Trinajstić information content (AvgIpc) is 2.62. The first-order chi connectivity index (χ1) is 12.6. The van der Waals surface area contributed by atoms with E-state index < -0.39 is 29.6 Å². The third-order valence-electron chi connectivity index (χ3n) is 4.89. The first-order valence-electron chi connectivity index (χ1n) is 8.89. The van der Waals surface area contributed by atoms with Crippen molar-refractivity contribution in [3.8, 4) is 5.75 Å². The van der Waals surface area contributed by atoms with Gasteiger partial charge < -0.3 is 19.6 Å². The van der Waals surface area contributed by atoms with Crippen molar-refractivity contribution in [2.45, 2.75) is 53.2 Å². The Kier molecular flexibility index (Phi) is 6.25. The molecule has 1 heterocycles. The Labute approximate surface area is 157 Å². The van der Waals surface area contributed by atoms with E-state index in [0.29, 0.717) is 23.3 Å². The predicted octanol–water partition coefficient (Wildman–Crippen LogP) is 2.79. The molecule has 7 heteroatoms. The molecule has 1 aromatic heterocycles. The summed E-state index contributed by atoms with van der Waals surface area (Å²) in [4.78, 5) is 35.5. The van der Waals surface area contributed by atoms with Gasteiger partial charge in [-0.15, -0.1) is 0 Å². The molecule has 0 bridgehead atoms. The number of rotatable bonds is 7. The summed E-state index contributed by atoms with van der Waals surface area (Å²) in [5.74, 6) is -1.46. The summed E-state index contributed by atoms with van der Waals surface area (Å²) < 4.78 is 10.9. The van der Waals surface area contributed by atoms with Crippen LogP contribution in [0.1, 0.15) is 38.3 Å². The summed E-state index contributed by atoms with van der Waals surface area (Å²) in [7, 11) is 0. The number of fused-ring (bicyclic) bond motifs is 1. The van der Waals surface area contributed by atoms with Crippen LogP contribution in [0, 0.1) is 19.8 Å². The van der Waals surface area contributed by atoms with Gasteiger partial charge in [-0.2, -0.15) is 0 Å². The molecule has 0 aliphatic heterocycles. The van der Waals surface area contributed by atoms with Gasteiger partial charge in [-0.1, -0.05) is 20.3 Å². The summed E-state index contributed by atoms with van der Waals surface area (Å²) in [5.41, 5.74) is 1.34. The fourth-order valence-corrected chi connectivity index (χ4v) is 2.71. The number of aliphatic carboxylic acids is 1. The van der Waals surface area contributed by atoms with Crippen LogP contribution in [0.5, 0.6) is 5.75 Å². The zero-order valence-corrected chi connectivity index (χ0v) is 16.2. The van der Waals surface area contributed by atoms with Crippen molar-refractivity contribution in [3.05, 3.63) is 39.7 Å². The van der Waals surface area contributed by atoms with Gasteiger partial charge in [-0.3, -0.25) is 4.79 Å². The van der Waals surface area contributed by atoms with Crippen LogP contribution in [0.15, 0.2) is 27.4 Å². The van der Waals surface area contributed by atoms with Gasteiger partial charge in [0.15, 0.2) is 6.10 Å². The molecule has 7 nitrogen and oxygen atoms in total. The van der Waals surface area contributed by atoms with Crippen molar-refractivity contribution in [2.75, 3.05) is 0 Å². The van der Waals surface area contributed by atoms with Gasteiger partial charge >= 0.3 is 11.6 Å². The number of carbonyl (C=O) groups is 2. The Bertz CT molecular complexity index is 917. The van der Waals surface area contributed by atoms with Crippen molar-refractivity contribution in [1.82, 2.24) is 5.32 Å². The molecule has 0 radical (unpaired) electrons. The van der Waals surface area contributed by atoms with Crippen LogP contribution in [-0.2, 0) is 9.59 Å². The van der Waals surface area contributed by atoms with E-state index in [1.54, 1.807) is 32.0 Å². The molecule has 0 spiro atoms. The van der Waals surface area contributed by atoms with E-state index in [0.717, 1.165) is 10.9 Å². The maximum absolute atomic E-state index is 12.3. The molecule has 3 atom stereocenters. The third-order valence-corrected chi connectivity index (χ3v) is 4.89. The molecule has 146 valence electrons. The lowest BCUT2D eigenvalue weighted by molar-refractivity contribution is -0.144. The quantitative estimate of drug-likeness (QED) is 0.721. The SMILES string of the molecule is CC[C@@H](C)[C@H](NC(=O)[C@@H](C)Oc1ccc2c(C)c(C)c(=O)oc2c1)C(=O)O. The highest BCUT2D eigenvalue weighted by Gasteiger charge is 2.28. The fourth-order valence-electron chi connectivity index (χ4n) is 2.71. The van der Waals surface area contributed by atoms with Crippen molar-refractivity contribution < 1.29 is 23.8 Å². The van der Waals surface area contributed by atoms with E-state index in [4.69, 9.17) is 9.15 Å². The van der Waals surface area contributed by atoms with Crippen LogP contribution in [0.25, 0.3) is 11.0 Å². The number of carbonyl (C=O) groups excluding carboxylic acids is 1. The van der Waals surface area contributed by atoms with Crippen molar-refractivity contribution >= 4 is 22.8 Å². The third kappa shape index (κ3) is 4.48. The molecule has 0 unspecified atom stereocenters. The number of ether oxygens (including phenoxy) is 1. The first-order valence-corrected chi connectivity index (χ1v) is 8.89. The molecular formula is C20H25NO6. The average molecular weight is 375 g/mol. The van der Waals surface area contributed by atoms with Gasteiger partial charge in [0.05, 0.1) is 0 Å². The maximum atomic E-state index is 12.3. The number of carboxylic acids is 1. The highest BCUT2D eigenvalue weighted by atomic mass is 16.5. The number of hydrogen-bond acceptors (Lipinski definition) is 5. The second kappa shape index (κ2) is 8.24. The molecule has 0 saturated heterocycles. The fraction of sp³-hybridized carbons (Fsp3) is 0.450. The number of benzene rings is 1. The Balaban J connectivity index is 2.18. The van der Waals surface area contributed by atoms with Gasteiger partial charge in [0.25, 0.3) is 5.91 Å². The van der Waals surface area contributed by atoms with Crippen molar-refractivity contribution in [3.63, 3.8) is 0 Å². The van der Waals surface area contributed by atoms with E-state index in [1.807, 2.05) is 13.8 Å². The molecule has 1 aromatic carbocycles. The molecule has 0 aliphatic carbocycles. The van der Waals surface area contributed by atoms with Crippen LogP contribution >= 0.6 is 0 Å². The van der Waals surface area contributed by atoms with Crippen LogP contribution in [-0.4, -0.2) is 29.1 Å². The first kappa shape index (κ1) is 20.5. The van der Waals surface area contributed by atoms with E-state index in [2.05, 4.69) is 5.32 Å². The number of nitrogens with one attached hydrogen (secondary N) is 1. The number of aryl methyl sites for hydroxylation is 1. The van der Waals surface area contributed by atoms with Crippen LogP contribution in [0.3, 0.4) is 0 Å². The Morgan fingerprint density at radius 2 is 1.89 bits per heavy atom. The number of amides is 1. The number of hydrogen-bond donors (Lipinski definition) is 2. The molecule has 2 rings (SSSR count).